The number of nitrogens with one attached hydrogen (secondary N) is 2. The Balaban J connectivity index is 1.60. The summed E-state index contributed by atoms with van der Waals surface area (Å²) in [5, 5.41) is 9.11. The lowest BCUT2D eigenvalue weighted by Gasteiger charge is -2.12. The normalized spacial score (nSPS) is 14.7. The van der Waals surface area contributed by atoms with Crippen molar-refractivity contribution in [2.24, 2.45) is 7.05 Å². The Bertz CT molecular complexity index is 1490. The van der Waals surface area contributed by atoms with Gasteiger partial charge in [-0.2, -0.15) is 26.7 Å². The molecule has 4 aromatic rings. The van der Waals surface area contributed by atoms with Gasteiger partial charge in [0.1, 0.15) is 5.82 Å². The van der Waals surface area contributed by atoms with Gasteiger partial charge in [0.2, 0.25) is 0 Å². The van der Waals surface area contributed by atoms with Crippen molar-refractivity contribution in [3.8, 4) is 11.5 Å². The highest BCUT2D eigenvalue weighted by atomic mass is 32.2. The molecule has 3 aromatic heterocycles. The lowest BCUT2D eigenvalue weighted by Crippen LogP contribution is -2.28. The Morgan fingerprint density at radius 1 is 1.15 bits per heavy atom. The summed E-state index contributed by atoms with van der Waals surface area (Å²) in [5.41, 5.74) is -3.01. The van der Waals surface area contributed by atoms with Crippen LogP contribution in [-0.4, -0.2) is 40.8 Å². The molecule has 13 heteroatoms. The van der Waals surface area contributed by atoms with Gasteiger partial charge < -0.3 is 19.2 Å². The van der Waals surface area contributed by atoms with Crippen LogP contribution >= 0.6 is 0 Å². The van der Waals surface area contributed by atoms with Gasteiger partial charge in [0.15, 0.2) is 11.5 Å². The molecule has 0 atom stereocenters. The Morgan fingerprint density at radius 2 is 1.91 bits per heavy atom. The first kappa shape index (κ1) is 21.4. The van der Waals surface area contributed by atoms with Crippen molar-refractivity contribution in [1.82, 2.24) is 19.7 Å². The van der Waals surface area contributed by atoms with Gasteiger partial charge in [-0.15, -0.1) is 0 Å². The van der Waals surface area contributed by atoms with Crippen LogP contribution in [0.25, 0.3) is 21.8 Å². The SMILES string of the molecule is COc1cc2c(cc1OS(=O)(=O)C(F)(F)F)[nH]c1cncc(Nc3cc(C4CC4)nn3C)c12. The summed E-state index contributed by atoms with van der Waals surface area (Å²) < 4.78 is 72.6. The average molecular weight is 481 g/mol. The lowest BCUT2D eigenvalue weighted by molar-refractivity contribution is -0.0500. The van der Waals surface area contributed by atoms with Crippen LogP contribution in [0.1, 0.15) is 24.5 Å². The molecule has 0 amide bonds. The Morgan fingerprint density at radius 3 is 2.58 bits per heavy atom. The lowest BCUT2D eigenvalue weighted by atomic mass is 10.1. The second-order valence-corrected chi connectivity index (χ2v) is 9.28. The van der Waals surface area contributed by atoms with Gasteiger partial charge in [-0.05, 0) is 18.9 Å². The molecule has 1 aliphatic rings. The first-order chi connectivity index (χ1) is 15.6. The summed E-state index contributed by atoms with van der Waals surface area (Å²) >= 11 is 0. The number of halogens is 3. The van der Waals surface area contributed by atoms with E-state index in [2.05, 4.69) is 24.6 Å². The number of aromatic nitrogens is 4. The van der Waals surface area contributed by atoms with Crippen LogP contribution in [0.4, 0.5) is 24.7 Å². The van der Waals surface area contributed by atoms with Crippen molar-refractivity contribution in [3.05, 3.63) is 36.3 Å². The fraction of sp³-hybridized carbons (Fsp3) is 0.300. The number of anilines is 2. The molecule has 0 unspecified atom stereocenters. The molecule has 3 heterocycles. The van der Waals surface area contributed by atoms with Crippen molar-refractivity contribution < 1.29 is 30.5 Å². The third kappa shape index (κ3) is 3.71. The number of methoxy groups -OCH3 is 1. The molecular weight excluding hydrogens is 463 g/mol. The second kappa shape index (κ2) is 7.27. The third-order valence-corrected chi connectivity index (χ3v) is 6.39. The Kier molecular flexibility index (Phi) is 4.71. The number of fused-ring (bicyclic) bond motifs is 3. The zero-order valence-corrected chi connectivity index (χ0v) is 18.2. The summed E-state index contributed by atoms with van der Waals surface area (Å²) in [4.78, 5) is 7.25. The molecule has 0 bridgehead atoms. The first-order valence-corrected chi connectivity index (χ1v) is 11.3. The van der Waals surface area contributed by atoms with E-state index < -0.39 is 21.4 Å². The van der Waals surface area contributed by atoms with Gasteiger partial charge in [0, 0.05) is 35.9 Å². The molecule has 1 fully saturated rings. The van der Waals surface area contributed by atoms with Crippen LogP contribution in [0, 0.1) is 0 Å². The van der Waals surface area contributed by atoms with Crippen molar-refractivity contribution >= 4 is 43.4 Å². The minimum atomic E-state index is -5.86. The number of H-pyrrole nitrogens is 1. The molecule has 1 aromatic carbocycles. The summed E-state index contributed by atoms with van der Waals surface area (Å²) in [5.74, 6) is 0.473. The monoisotopic (exact) mass is 481 g/mol. The van der Waals surface area contributed by atoms with Crippen LogP contribution in [0.3, 0.4) is 0 Å². The Labute approximate surface area is 185 Å². The summed E-state index contributed by atoms with van der Waals surface area (Å²) in [6, 6.07) is 4.54. The van der Waals surface area contributed by atoms with Crippen LogP contribution in [0.15, 0.2) is 30.6 Å². The van der Waals surface area contributed by atoms with Crippen LogP contribution in [0.2, 0.25) is 0 Å². The zero-order chi connectivity index (χ0) is 23.5. The quantitative estimate of drug-likeness (QED) is 0.312. The molecule has 2 N–H and O–H groups in total. The molecule has 0 radical (unpaired) electrons. The molecular formula is C20H18F3N5O4S. The molecule has 5 rings (SSSR count). The summed E-state index contributed by atoms with van der Waals surface area (Å²) in [7, 11) is -2.83. The summed E-state index contributed by atoms with van der Waals surface area (Å²) in [6.07, 6.45) is 5.40. The van der Waals surface area contributed by atoms with Crippen LogP contribution in [-0.2, 0) is 17.2 Å². The van der Waals surface area contributed by atoms with E-state index in [4.69, 9.17) is 4.74 Å². The van der Waals surface area contributed by atoms with Crippen LogP contribution < -0.4 is 14.2 Å². The van der Waals surface area contributed by atoms with Crippen molar-refractivity contribution in [2.45, 2.75) is 24.3 Å². The van der Waals surface area contributed by atoms with E-state index in [1.54, 1.807) is 17.1 Å². The van der Waals surface area contributed by atoms with Crippen molar-refractivity contribution in [1.29, 1.82) is 0 Å². The maximum atomic E-state index is 12.8. The number of nitrogens with zero attached hydrogens (tertiary/aromatic N) is 3. The molecule has 1 aliphatic carbocycles. The number of hydrogen-bond donors (Lipinski definition) is 2. The maximum Gasteiger partial charge on any atom is 0.534 e. The van der Waals surface area contributed by atoms with E-state index in [0.717, 1.165) is 30.4 Å². The number of alkyl halides is 3. The highest BCUT2D eigenvalue weighted by Crippen LogP contribution is 2.42. The number of rotatable bonds is 6. The van der Waals surface area contributed by atoms with E-state index >= 15 is 0 Å². The minimum Gasteiger partial charge on any atom is -0.493 e. The van der Waals surface area contributed by atoms with E-state index in [1.165, 1.54) is 13.2 Å². The molecule has 9 nitrogen and oxygen atoms in total. The van der Waals surface area contributed by atoms with E-state index in [9.17, 15) is 21.6 Å². The first-order valence-electron chi connectivity index (χ1n) is 9.86. The molecule has 0 spiro atoms. The highest BCUT2D eigenvalue weighted by molar-refractivity contribution is 7.88. The topological polar surface area (TPSA) is 111 Å². The van der Waals surface area contributed by atoms with E-state index in [1.807, 2.05) is 13.1 Å². The predicted octanol–water partition coefficient (Wildman–Crippen LogP) is 4.31. The maximum absolute atomic E-state index is 12.8. The van der Waals surface area contributed by atoms with Crippen molar-refractivity contribution in [3.63, 3.8) is 0 Å². The standard InChI is InChI=1S/C20H18F3N5O4S/c1-28-18(7-12(27-28)10-3-4-10)26-15-9-24-8-14-19(15)11-5-16(31-2)17(6-13(11)25-14)32-33(29,30)20(21,22)23/h5-10,25-26H,3-4H2,1-2H3. The van der Waals surface area contributed by atoms with Gasteiger partial charge in [0.05, 0.1) is 41.9 Å². The van der Waals surface area contributed by atoms with E-state index in [0.29, 0.717) is 33.4 Å². The fourth-order valence-corrected chi connectivity index (χ4v) is 4.13. The largest absolute Gasteiger partial charge is 0.534 e. The van der Waals surface area contributed by atoms with Gasteiger partial charge in [0.25, 0.3) is 0 Å². The van der Waals surface area contributed by atoms with Gasteiger partial charge >= 0.3 is 15.6 Å². The van der Waals surface area contributed by atoms with Crippen molar-refractivity contribution in [2.75, 3.05) is 12.4 Å². The number of ether oxygens (including phenoxy) is 1. The van der Waals surface area contributed by atoms with Gasteiger partial charge in [-0.25, -0.2) is 0 Å². The summed E-state index contributed by atoms with van der Waals surface area (Å²) in [6.45, 7) is 0. The highest BCUT2D eigenvalue weighted by Gasteiger charge is 2.49. The number of aromatic amines is 1. The average Bonchev–Trinajstić information content (AvgIpc) is 3.43. The molecule has 33 heavy (non-hydrogen) atoms. The molecule has 1 saturated carbocycles. The smallest absolute Gasteiger partial charge is 0.493 e. The number of pyridine rings is 1. The van der Waals surface area contributed by atoms with Gasteiger partial charge in [-0.3, -0.25) is 9.67 Å². The number of benzene rings is 1. The predicted molar refractivity (Wildman–Crippen MR) is 114 cm³/mol. The third-order valence-electron chi connectivity index (χ3n) is 5.43. The Hall–Kier alpha value is -3.48. The fourth-order valence-electron chi connectivity index (χ4n) is 3.67. The van der Waals surface area contributed by atoms with Crippen LogP contribution in [0.5, 0.6) is 11.5 Å². The van der Waals surface area contributed by atoms with Gasteiger partial charge in [-0.1, -0.05) is 0 Å². The van der Waals surface area contributed by atoms with E-state index in [-0.39, 0.29) is 5.75 Å². The number of hydrogen-bond acceptors (Lipinski definition) is 7. The second-order valence-electron chi connectivity index (χ2n) is 7.74. The minimum absolute atomic E-state index is 0.171. The zero-order valence-electron chi connectivity index (χ0n) is 17.4. The molecule has 174 valence electrons. The molecule has 0 saturated heterocycles. The molecule has 0 aliphatic heterocycles. The number of aryl methyl sites for hydroxylation is 1.